The molecule has 0 N–H and O–H groups in total. The first-order chi connectivity index (χ1) is 15.9. The van der Waals surface area contributed by atoms with Gasteiger partial charge in [0.15, 0.2) is 0 Å². The molecule has 0 radical (unpaired) electrons. The van der Waals surface area contributed by atoms with Gasteiger partial charge >= 0.3 is 0 Å². The van der Waals surface area contributed by atoms with Crippen LogP contribution in [-0.4, -0.2) is 52.9 Å². The normalized spacial score (nSPS) is 11.4. The van der Waals surface area contributed by atoms with E-state index in [4.69, 9.17) is 18.9 Å². The summed E-state index contributed by atoms with van der Waals surface area (Å²) in [5, 5.41) is 0. The smallest absolute Gasteiger partial charge is 0.0701 e. The molecule has 0 aromatic heterocycles. The molecule has 0 rings (SSSR count). The van der Waals surface area contributed by atoms with Gasteiger partial charge in [0.25, 0.3) is 0 Å². The lowest BCUT2D eigenvalue weighted by molar-refractivity contribution is -0.00248. The topological polar surface area (TPSA) is 36.9 Å². The molecule has 0 fully saturated rings. The summed E-state index contributed by atoms with van der Waals surface area (Å²) in [6.45, 7) is 10.2. The number of ether oxygens (including phenoxy) is 4. The molecule has 0 saturated heterocycles. The van der Waals surface area contributed by atoms with Crippen LogP contribution in [0.25, 0.3) is 0 Å². The Balaban J connectivity index is 2.98. The largest absolute Gasteiger partial charge is 0.379 e. The highest BCUT2D eigenvalue weighted by Gasteiger charge is 1.96. The molecule has 32 heavy (non-hydrogen) atoms. The predicted molar refractivity (Wildman–Crippen MR) is 138 cm³/mol. The van der Waals surface area contributed by atoms with Crippen LogP contribution in [0.2, 0.25) is 0 Å². The second kappa shape index (κ2) is 30.8. The summed E-state index contributed by atoms with van der Waals surface area (Å²) in [6, 6.07) is 0. The van der Waals surface area contributed by atoms with Gasteiger partial charge in [0.05, 0.1) is 39.6 Å². The van der Waals surface area contributed by atoms with Crippen LogP contribution >= 0.6 is 0 Å². The van der Waals surface area contributed by atoms with Gasteiger partial charge in [-0.15, -0.1) is 0 Å². The Morgan fingerprint density at radius 2 is 0.469 bits per heavy atom. The summed E-state index contributed by atoms with van der Waals surface area (Å²) >= 11 is 0. The third-order valence-electron chi connectivity index (χ3n) is 5.90. The quantitative estimate of drug-likeness (QED) is 0.106. The molecule has 0 heterocycles. The first-order valence-corrected chi connectivity index (χ1v) is 14.2. The molecule has 0 bridgehead atoms. The summed E-state index contributed by atoms with van der Waals surface area (Å²) in [6.07, 6.45) is 24.5. The van der Waals surface area contributed by atoms with Crippen LogP contribution < -0.4 is 0 Å². The van der Waals surface area contributed by atoms with Gasteiger partial charge in [0.2, 0.25) is 0 Å². The maximum Gasteiger partial charge on any atom is 0.0701 e. The molecule has 0 aromatic rings. The molecule has 0 amide bonds. The number of rotatable bonds is 29. The zero-order valence-corrected chi connectivity index (χ0v) is 22.0. The Bertz CT molecular complexity index is 282. The lowest BCUT2D eigenvalue weighted by Gasteiger charge is -2.07. The highest BCUT2D eigenvalue weighted by molar-refractivity contribution is 4.49. The summed E-state index contributed by atoms with van der Waals surface area (Å²) < 4.78 is 22.3. The van der Waals surface area contributed by atoms with E-state index in [0.717, 1.165) is 13.2 Å². The molecule has 0 saturated carbocycles. The minimum Gasteiger partial charge on any atom is -0.379 e. The lowest BCUT2D eigenvalue weighted by Crippen LogP contribution is -2.12. The van der Waals surface area contributed by atoms with Crippen molar-refractivity contribution in [3.8, 4) is 0 Å². The van der Waals surface area contributed by atoms with E-state index in [2.05, 4.69) is 13.8 Å². The average Bonchev–Trinajstić information content (AvgIpc) is 2.81. The molecular formula is C28H58O4. The van der Waals surface area contributed by atoms with Crippen molar-refractivity contribution >= 4 is 0 Å². The molecule has 0 aliphatic heterocycles. The van der Waals surface area contributed by atoms with E-state index in [1.807, 2.05) is 0 Å². The SMILES string of the molecule is CCCCCCCCCCCCCCCOCCOCCOCCOCCCCCCC. The van der Waals surface area contributed by atoms with Crippen molar-refractivity contribution < 1.29 is 18.9 Å². The van der Waals surface area contributed by atoms with E-state index in [0.29, 0.717) is 39.6 Å². The number of unbranched alkanes of at least 4 members (excludes halogenated alkanes) is 16. The van der Waals surface area contributed by atoms with Crippen LogP contribution in [0.15, 0.2) is 0 Å². The van der Waals surface area contributed by atoms with Crippen LogP contribution in [0, 0.1) is 0 Å². The second-order valence-electron chi connectivity index (χ2n) is 9.11. The van der Waals surface area contributed by atoms with Crippen LogP contribution in [0.1, 0.15) is 129 Å². The maximum atomic E-state index is 5.65. The Labute approximate surface area is 201 Å². The van der Waals surface area contributed by atoms with Gasteiger partial charge in [-0.25, -0.2) is 0 Å². The Morgan fingerprint density at radius 1 is 0.250 bits per heavy atom. The van der Waals surface area contributed by atoms with Gasteiger partial charge < -0.3 is 18.9 Å². The fourth-order valence-corrected chi connectivity index (χ4v) is 3.79. The molecule has 4 heteroatoms. The molecule has 0 unspecified atom stereocenters. The summed E-state index contributed by atoms with van der Waals surface area (Å²) in [5.41, 5.74) is 0. The zero-order chi connectivity index (χ0) is 23.2. The van der Waals surface area contributed by atoms with E-state index in [1.54, 1.807) is 0 Å². The standard InChI is InChI=1S/C28H58O4/c1-3-5-7-9-10-11-12-13-14-15-16-18-20-22-30-24-26-32-28-27-31-25-23-29-21-19-17-8-6-4-2/h3-28H2,1-2H3. The molecule has 0 aromatic carbocycles. The van der Waals surface area contributed by atoms with Crippen LogP contribution in [0.3, 0.4) is 0 Å². The van der Waals surface area contributed by atoms with Crippen molar-refractivity contribution in [3.63, 3.8) is 0 Å². The Kier molecular flexibility index (Phi) is 30.7. The van der Waals surface area contributed by atoms with Crippen molar-refractivity contribution in [1.29, 1.82) is 0 Å². The van der Waals surface area contributed by atoms with Gasteiger partial charge in [-0.2, -0.15) is 0 Å². The van der Waals surface area contributed by atoms with Gasteiger partial charge in [-0.3, -0.25) is 0 Å². The Morgan fingerprint density at radius 3 is 0.750 bits per heavy atom. The summed E-state index contributed by atoms with van der Waals surface area (Å²) in [7, 11) is 0. The third kappa shape index (κ3) is 29.8. The fourth-order valence-electron chi connectivity index (χ4n) is 3.79. The van der Waals surface area contributed by atoms with E-state index < -0.39 is 0 Å². The van der Waals surface area contributed by atoms with Crippen molar-refractivity contribution in [3.05, 3.63) is 0 Å². The first kappa shape index (κ1) is 31.8. The predicted octanol–water partition coefficient (Wildman–Crippen LogP) is 8.11. The molecule has 4 nitrogen and oxygen atoms in total. The van der Waals surface area contributed by atoms with E-state index >= 15 is 0 Å². The monoisotopic (exact) mass is 458 g/mol. The second-order valence-corrected chi connectivity index (χ2v) is 9.11. The molecular weight excluding hydrogens is 400 g/mol. The highest BCUT2D eigenvalue weighted by Crippen LogP contribution is 2.12. The van der Waals surface area contributed by atoms with Gasteiger partial charge in [-0.1, -0.05) is 117 Å². The maximum absolute atomic E-state index is 5.65. The molecule has 0 aliphatic carbocycles. The fraction of sp³-hybridized carbons (Fsp3) is 1.00. The van der Waals surface area contributed by atoms with E-state index in [-0.39, 0.29) is 0 Å². The molecule has 194 valence electrons. The summed E-state index contributed by atoms with van der Waals surface area (Å²) in [4.78, 5) is 0. The van der Waals surface area contributed by atoms with Crippen molar-refractivity contribution in [1.82, 2.24) is 0 Å². The zero-order valence-electron chi connectivity index (χ0n) is 22.0. The van der Waals surface area contributed by atoms with Crippen molar-refractivity contribution in [2.45, 2.75) is 129 Å². The average molecular weight is 459 g/mol. The first-order valence-electron chi connectivity index (χ1n) is 14.2. The third-order valence-corrected chi connectivity index (χ3v) is 5.90. The van der Waals surface area contributed by atoms with Crippen LogP contribution in [0.4, 0.5) is 0 Å². The van der Waals surface area contributed by atoms with Crippen LogP contribution in [-0.2, 0) is 18.9 Å². The highest BCUT2D eigenvalue weighted by atomic mass is 16.6. The Hall–Kier alpha value is -0.160. The molecule has 0 atom stereocenters. The van der Waals surface area contributed by atoms with Gasteiger partial charge in [-0.05, 0) is 12.8 Å². The van der Waals surface area contributed by atoms with Gasteiger partial charge in [0.1, 0.15) is 0 Å². The van der Waals surface area contributed by atoms with Crippen molar-refractivity contribution in [2.75, 3.05) is 52.9 Å². The minimum atomic E-state index is 0.638. The molecule has 0 spiro atoms. The number of hydrogen-bond donors (Lipinski definition) is 0. The van der Waals surface area contributed by atoms with Crippen molar-refractivity contribution in [2.24, 2.45) is 0 Å². The summed E-state index contributed by atoms with van der Waals surface area (Å²) in [5.74, 6) is 0. The number of hydrogen-bond acceptors (Lipinski definition) is 4. The van der Waals surface area contributed by atoms with E-state index in [1.165, 1.54) is 116 Å². The molecule has 0 aliphatic rings. The minimum absolute atomic E-state index is 0.638. The lowest BCUT2D eigenvalue weighted by atomic mass is 10.0. The van der Waals surface area contributed by atoms with Gasteiger partial charge in [0, 0.05) is 13.2 Å². The van der Waals surface area contributed by atoms with Crippen LogP contribution in [0.5, 0.6) is 0 Å². The van der Waals surface area contributed by atoms with E-state index in [9.17, 15) is 0 Å².